The zero-order chi connectivity index (χ0) is 28.4. The van der Waals surface area contributed by atoms with E-state index in [9.17, 15) is 22.8 Å². The van der Waals surface area contributed by atoms with Crippen LogP contribution in [0.15, 0.2) is 84.9 Å². The number of hydrogen-bond donors (Lipinski definition) is 0. The third-order valence-electron chi connectivity index (χ3n) is 7.15. The summed E-state index contributed by atoms with van der Waals surface area (Å²) >= 11 is 0. The minimum Gasteiger partial charge on any atom is -0.497 e. The molecule has 206 valence electrons. The number of amides is 2. The van der Waals surface area contributed by atoms with E-state index >= 15 is 0 Å². The summed E-state index contributed by atoms with van der Waals surface area (Å²) in [5, 5.41) is 0. The summed E-state index contributed by atoms with van der Waals surface area (Å²) in [5.74, 6) is 0.0535. The molecule has 0 saturated carbocycles. The number of piperazine rings is 1. The van der Waals surface area contributed by atoms with Crippen LogP contribution >= 0.6 is 0 Å². The van der Waals surface area contributed by atoms with Gasteiger partial charge in [0.2, 0.25) is 0 Å². The minimum atomic E-state index is -4.53. The number of aromatic nitrogens is 1. The summed E-state index contributed by atoms with van der Waals surface area (Å²) in [4.78, 5) is 29.8. The van der Waals surface area contributed by atoms with Gasteiger partial charge in [0.15, 0.2) is 0 Å². The molecule has 6 nitrogen and oxygen atoms in total. The first-order chi connectivity index (χ1) is 19.2. The smallest absolute Gasteiger partial charge is 0.416 e. The highest BCUT2D eigenvalue weighted by Gasteiger charge is 2.32. The molecule has 0 bridgehead atoms. The Morgan fingerprint density at radius 1 is 0.775 bits per heavy atom. The lowest BCUT2D eigenvalue weighted by Crippen LogP contribution is -2.50. The molecule has 0 N–H and O–H groups in total. The molecule has 1 aromatic heterocycles. The summed E-state index contributed by atoms with van der Waals surface area (Å²) in [6.07, 6.45) is -4.53. The molecule has 5 rings (SSSR count). The summed E-state index contributed by atoms with van der Waals surface area (Å²) in [7, 11) is 1.60. The number of methoxy groups -OCH3 is 1. The van der Waals surface area contributed by atoms with Crippen molar-refractivity contribution < 1.29 is 27.5 Å². The van der Waals surface area contributed by atoms with Gasteiger partial charge in [0.1, 0.15) is 5.75 Å². The molecule has 40 heavy (non-hydrogen) atoms. The van der Waals surface area contributed by atoms with Gasteiger partial charge in [-0.2, -0.15) is 13.2 Å². The van der Waals surface area contributed by atoms with E-state index in [1.54, 1.807) is 12.0 Å². The van der Waals surface area contributed by atoms with Gasteiger partial charge in [-0.05, 0) is 55.5 Å². The zero-order valence-electron chi connectivity index (χ0n) is 22.1. The fourth-order valence-corrected chi connectivity index (χ4v) is 5.02. The summed E-state index contributed by atoms with van der Waals surface area (Å²) in [6, 6.07) is 23.7. The summed E-state index contributed by atoms with van der Waals surface area (Å²) in [6.45, 7) is 2.89. The molecular formula is C31H28F3N3O3. The molecule has 0 aliphatic carbocycles. The van der Waals surface area contributed by atoms with Crippen molar-refractivity contribution in [2.45, 2.75) is 13.1 Å². The Morgan fingerprint density at radius 2 is 1.43 bits per heavy atom. The number of alkyl halides is 3. The van der Waals surface area contributed by atoms with Crippen LogP contribution in [0.1, 0.15) is 32.0 Å². The molecule has 9 heteroatoms. The zero-order valence-corrected chi connectivity index (χ0v) is 22.1. The lowest BCUT2D eigenvalue weighted by atomic mass is 10.1. The van der Waals surface area contributed by atoms with Gasteiger partial charge in [-0.1, -0.05) is 36.4 Å². The highest BCUT2D eigenvalue weighted by atomic mass is 19.4. The van der Waals surface area contributed by atoms with E-state index < -0.39 is 17.6 Å². The second-order valence-corrected chi connectivity index (χ2v) is 9.59. The molecule has 0 spiro atoms. The molecule has 2 amide bonds. The monoisotopic (exact) mass is 547 g/mol. The molecular weight excluding hydrogens is 519 g/mol. The van der Waals surface area contributed by atoms with E-state index in [1.165, 1.54) is 17.0 Å². The second kappa shape index (κ2) is 10.9. The van der Waals surface area contributed by atoms with E-state index in [0.717, 1.165) is 34.8 Å². The molecule has 1 saturated heterocycles. The van der Waals surface area contributed by atoms with Gasteiger partial charge >= 0.3 is 6.18 Å². The number of carbonyl (C=O) groups excluding carboxylic acids is 2. The lowest BCUT2D eigenvalue weighted by Gasteiger charge is -2.35. The van der Waals surface area contributed by atoms with Crippen molar-refractivity contribution in [3.05, 3.63) is 107 Å². The van der Waals surface area contributed by atoms with Crippen LogP contribution in [0.3, 0.4) is 0 Å². The third kappa shape index (κ3) is 5.32. The molecule has 0 unspecified atom stereocenters. The first-order valence-electron chi connectivity index (χ1n) is 12.9. The maximum atomic E-state index is 13.7. The van der Waals surface area contributed by atoms with E-state index in [1.807, 2.05) is 72.2 Å². The standard InChI is InChI=1S/C31H28F3N3O3/c1-21-27(20-28(22-8-7-13-26(19-22)40-2)37(21)25-11-4-3-5-12-25)30(39)36-16-14-35(15-17-36)29(38)23-9-6-10-24(18-23)31(32,33)34/h3-13,18-20H,14-17H2,1-2H3. The van der Waals surface area contributed by atoms with Crippen LogP contribution in [-0.2, 0) is 6.18 Å². The first-order valence-corrected chi connectivity index (χ1v) is 12.9. The Balaban J connectivity index is 1.39. The normalized spacial score (nSPS) is 13.8. The highest BCUT2D eigenvalue weighted by molar-refractivity contribution is 5.98. The van der Waals surface area contributed by atoms with Crippen molar-refractivity contribution in [3.63, 3.8) is 0 Å². The third-order valence-corrected chi connectivity index (χ3v) is 7.15. The summed E-state index contributed by atoms with van der Waals surface area (Å²) < 4.78 is 46.8. The average Bonchev–Trinajstić information content (AvgIpc) is 3.33. The molecule has 1 fully saturated rings. The number of halogens is 3. The number of rotatable bonds is 5. The molecule has 0 radical (unpaired) electrons. The summed E-state index contributed by atoms with van der Waals surface area (Å²) in [5.41, 5.74) is 3.07. The van der Waals surface area contributed by atoms with E-state index in [2.05, 4.69) is 0 Å². The lowest BCUT2D eigenvalue weighted by molar-refractivity contribution is -0.137. The van der Waals surface area contributed by atoms with Crippen LogP contribution in [-0.4, -0.2) is 59.5 Å². The Bertz CT molecular complexity index is 1540. The van der Waals surface area contributed by atoms with Crippen LogP contribution in [0.2, 0.25) is 0 Å². The van der Waals surface area contributed by atoms with Gasteiger partial charge in [-0.3, -0.25) is 9.59 Å². The largest absolute Gasteiger partial charge is 0.497 e. The topological polar surface area (TPSA) is 54.8 Å². The number of carbonyl (C=O) groups is 2. The predicted molar refractivity (Wildman–Crippen MR) is 146 cm³/mol. The van der Waals surface area contributed by atoms with E-state index in [-0.39, 0.29) is 37.6 Å². The van der Waals surface area contributed by atoms with Gasteiger partial charge < -0.3 is 19.1 Å². The number of ether oxygens (including phenoxy) is 1. The Labute approximate surface area is 230 Å². The number of hydrogen-bond acceptors (Lipinski definition) is 3. The molecule has 1 aliphatic heterocycles. The van der Waals surface area contributed by atoms with Gasteiger partial charge in [0.05, 0.1) is 23.9 Å². The SMILES string of the molecule is COc1cccc(-c2cc(C(=O)N3CCN(C(=O)c4cccc(C(F)(F)F)c4)CC3)c(C)n2-c2ccccc2)c1. The Hall–Kier alpha value is -4.53. The Morgan fingerprint density at radius 3 is 2.08 bits per heavy atom. The Kier molecular flexibility index (Phi) is 7.38. The first kappa shape index (κ1) is 27.1. The van der Waals surface area contributed by atoms with Gasteiger partial charge in [-0.15, -0.1) is 0 Å². The highest BCUT2D eigenvalue weighted by Crippen LogP contribution is 2.33. The van der Waals surface area contributed by atoms with E-state index in [0.29, 0.717) is 11.3 Å². The fraction of sp³-hybridized carbons (Fsp3) is 0.226. The van der Waals surface area contributed by atoms with Crippen LogP contribution < -0.4 is 4.74 Å². The van der Waals surface area contributed by atoms with Crippen molar-refractivity contribution in [3.8, 4) is 22.7 Å². The predicted octanol–water partition coefficient (Wildman–Crippen LogP) is 6.08. The molecule has 1 aliphatic rings. The van der Waals surface area contributed by atoms with Crippen LogP contribution in [0.25, 0.3) is 16.9 Å². The van der Waals surface area contributed by atoms with Gasteiger partial charge in [0.25, 0.3) is 11.8 Å². The van der Waals surface area contributed by atoms with Crippen molar-refractivity contribution in [2.75, 3.05) is 33.3 Å². The molecule has 0 atom stereocenters. The van der Waals surface area contributed by atoms with Crippen LogP contribution in [0.5, 0.6) is 5.75 Å². The van der Waals surface area contributed by atoms with Crippen LogP contribution in [0.4, 0.5) is 13.2 Å². The van der Waals surface area contributed by atoms with Gasteiger partial charge in [-0.25, -0.2) is 0 Å². The number of para-hydroxylation sites is 1. The quantitative estimate of drug-likeness (QED) is 0.305. The van der Waals surface area contributed by atoms with Crippen molar-refractivity contribution in [1.29, 1.82) is 0 Å². The molecule has 2 heterocycles. The fourth-order valence-electron chi connectivity index (χ4n) is 5.02. The van der Waals surface area contributed by atoms with Gasteiger partial charge in [0, 0.05) is 48.7 Å². The minimum absolute atomic E-state index is 0.0201. The number of benzene rings is 3. The number of nitrogens with zero attached hydrogens (tertiary/aromatic N) is 3. The van der Waals surface area contributed by atoms with Crippen molar-refractivity contribution >= 4 is 11.8 Å². The van der Waals surface area contributed by atoms with Crippen molar-refractivity contribution in [2.24, 2.45) is 0 Å². The maximum absolute atomic E-state index is 13.7. The van der Waals surface area contributed by atoms with Crippen molar-refractivity contribution in [1.82, 2.24) is 14.4 Å². The molecule has 3 aromatic carbocycles. The van der Waals surface area contributed by atoms with E-state index in [4.69, 9.17) is 4.74 Å². The second-order valence-electron chi connectivity index (χ2n) is 9.59. The molecule has 4 aromatic rings. The average molecular weight is 548 g/mol. The van der Waals surface area contributed by atoms with Crippen LogP contribution in [0, 0.1) is 6.92 Å². The maximum Gasteiger partial charge on any atom is 0.416 e.